The van der Waals surface area contributed by atoms with Crippen molar-refractivity contribution >= 4 is 11.8 Å². The van der Waals surface area contributed by atoms with Gasteiger partial charge in [-0.15, -0.1) is 0 Å². The first-order chi connectivity index (χ1) is 12.1. The SMILES string of the molecule is CCCCCCCCCCCCNC(C)[N+](C)(C)C(C)(C(C)=O)C(=O)[O-]. The summed E-state index contributed by atoms with van der Waals surface area (Å²) in [7, 11) is 3.54. The highest BCUT2D eigenvalue weighted by molar-refractivity contribution is 6.03. The fraction of sp³-hybridized carbons (Fsp3) is 0.905. The zero-order valence-electron chi connectivity index (χ0n) is 18.0. The van der Waals surface area contributed by atoms with Gasteiger partial charge in [-0.2, -0.15) is 0 Å². The smallest absolute Gasteiger partial charge is 0.196 e. The first-order valence-electron chi connectivity index (χ1n) is 10.4. The zero-order chi connectivity index (χ0) is 20.2. The number of Topliss-reactive ketones (excluding diaryl/α,β-unsaturated/α-hetero) is 1. The van der Waals surface area contributed by atoms with Gasteiger partial charge in [0.2, 0.25) is 0 Å². The average Bonchev–Trinajstić information content (AvgIpc) is 2.57. The van der Waals surface area contributed by atoms with Crippen LogP contribution in [0.3, 0.4) is 0 Å². The van der Waals surface area contributed by atoms with E-state index in [-0.39, 0.29) is 16.4 Å². The van der Waals surface area contributed by atoms with Gasteiger partial charge in [-0.3, -0.25) is 14.6 Å². The maximum atomic E-state index is 12.0. The second kappa shape index (κ2) is 12.4. The number of nitrogens with one attached hydrogen (secondary N) is 1. The summed E-state index contributed by atoms with van der Waals surface area (Å²) in [5.74, 6) is -1.70. The number of carboxylic acid groups (broad SMARTS) is 1. The summed E-state index contributed by atoms with van der Waals surface area (Å²) in [5.41, 5.74) is -1.55. The molecule has 0 heterocycles. The number of hydrogen-bond acceptors (Lipinski definition) is 4. The van der Waals surface area contributed by atoms with Crippen molar-refractivity contribution in [2.24, 2.45) is 0 Å². The third-order valence-corrected chi connectivity index (χ3v) is 6.17. The van der Waals surface area contributed by atoms with Gasteiger partial charge in [0.25, 0.3) is 0 Å². The fourth-order valence-electron chi connectivity index (χ4n) is 3.32. The highest BCUT2D eigenvalue weighted by Crippen LogP contribution is 2.24. The molecule has 0 aromatic rings. The maximum Gasteiger partial charge on any atom is 0.196 e. The van der Waals surface area contributed by atoms with Crippen molar-refractivity contribution < 1.29 is 19.2 Å². The average molecular weight is 371 g/mol. The number of rotatable bonds is 16. The van der Waals surface area contributed by atoms with Gasteiger partial charge in [0, 0.05) is 27.3 Å². The second-order valence-corrected chi connectivity index (χ2v) is 8.27. The minimum absolute atomic E-state index is 0.0302. The molecule has 1 N–H and O–H groups in total. The molecule has 2 atom stereocenters. The number of nitrogens with zero attached hydrogens (tertiary/aromatic N) is 1. The van der Waals surface area contributed by atoms with Crippen molar-refractivity contribution in [2.45, 2.75) is 104 Å². The van der Waals surface area contributed by atoms with Gasteiger partial charge in [-0.05, 0) is 6.42 Å². The molecule has 0 amide bonds. The predicted octanol–water partition coefficient (Wildman–Crippen LogP) is 3.02. The normalized spacial score (nSPS) is 15.5. The van der Waals surface area contributed by atoms with E-state index in [1.54, 1.807) is 14.1 Å². The third kappa shape index (κ3) is 7.36. The topological polar surface area (TPSA) is 69.2 Å². The molecule has 26 heavy (non-hydrogen) atoms. The van der Waals surface area contributed by atoms with Gasteiger partial charge >= 0.3 is 0 Å². The van der Waals surface area contributed by atoms with Crippen molar-refractivity contribution in [2.75, 3.05) is 20.6 Å². The molecule has 0 aliphatic heterocycles. The Morgan fingerprint density at radius 1 is 0.962 bits per heavy atom. The molecular weight excluding hydrogens is 328 g/mol. The Kier molecular flexibility index (Phi) is 12.0. The molecule has 0 spiro atoms. The van der Waals surface area contributed by atoms with Gasteiger partial charge < -0.3 is 9.90 Å². The minimum Gasteiger partial charge on any atom is -0.543 e. The van der Waals surface area contributed by atoms with E-state index in [1.807, 2.05) is 6.92 Å². The van der Waals surface area contributed by atoms with Crippen LogP contribution in [-0.2, 0) is 9.59 Å². The lowest BCUT2D eigenvalue weighted by Gasteiger charge is -2.49. The molecule has 0 fully saturated rings. The van der Waals surface area contributed by atoms with Crippen molar-refractivity contribution in [1.82, 2.24) is 5.32 Å². The molecule has 0 aliphatic rings. The van der Waals surface area contributed by atoms with E-state index in [1.165, 1.54) is 71.6 Å². The molecule has 154 valence electrons. The van der Waals surface area contributed by atoms with E-state index in [0.29, 0.717) is 0 Å². The lowest BCUT2D eigenvalue weighted by atomic mass is 9.92. The van der Waals surface area contributed by atoms with Crippen LogP contribution in [0, 0.1) is 0 Å². The molecule has 5 heteroatoms. The Morgan fingerprint density at radius 2 is 1.38 bits per heavy atom. The van der Waals surface area contributed by atoms with Crippen molar-refractivity contribution in [1.29, 1.82) is 0 Å². The molecule has 0 saturated carbocycles. The lowest BCUT2D eigenvalue weighted by molar-refractivity contribution is -0.946. The van der Waals surface area contributed by atoms with Crippen LogP contribution in [0.25, 0.3) is 0 Å². The first kappa shape index (κ1) is 25.1. The molecule has 0 aliphatic carbocycles. The molecular formula is C21H42N2O3. The molecule has 0 saturated heterocycles. The zero-order valence-corrected chi connectivity index (χ0v) is 18.0. The van der Waals surface area contributed by atoms with Crippen LogP contribution in [0.5, 0.6) is 0 Å². The summed E-state index contributed by atoms with van der Waals surface area (Å²) in [6, 6.07) is 0. The Morgan fingerprint density at radius 3 is 1.77 bits per heavy atom. The third-order valence-electron chi connectivity index (χ3n) is 6.17. The lowest BCUT2D eigenvalue weighted by Crippen LogP contribution is -2.74. The summed E-state index contributed by atoms with van der Waals surface area (Å²) in [6.45, 7) is 7.79. The van der Waals surface area contributed by atoms with Gasteiger partial charge in [-0.1, -0.05) is 64.7 Å². The van der Waals surface area contributed by atoms with Crippen LogP contribution in [-0.4, -0.2) is 48.6 Å². The van der Waals surface area contributed by atoms with Crippen molar-refractivity contribution in [3.05, 3.63) is 0 Å². The summed E-state index contributed by atoms with van der Waals surface area (Å²) in [6.07, 6.45) is 12.8. The number of hydrogen-bond donors (Lipinski definition) is 1. The van der Waals surface area contributed by atoms with E-state index in [2.05, 4.69) is 12.2 Å². The van der Waals surface area contributed by atoms with Crippen LogP contribution in [0.1, 0.15) is 91.9 Å². The molecule has 0 bridgehead atoms. The van der Waals surface area contributed by atoms with Crippen molar-refractivity contribution in [3.8, 4) is 0 Å². The number of unbranched alkanes of at least 4 members (excludes halogenated alkanes) is 9. The Bertz CT molecular complexity index is 407. The molecule has 0 aromatic heterocycles. The van der Waals surface area contributed by atoms with Gasteiger partial charge in [0.1, 0.15) is 12.1 Å². The predicted molar refractivity (Wildman–Crippen MR) is 106 cm³/mol. The quantitative estimate of drug-likeness (QED) is 0.196. The van der Waals surface area contributed by atoms with E-state index < -0.39 is 11.5 Å². The molecule has 0 radical (unpaired) electrons. The van der Waals surface area contributed by atoms with E-state index in [4.69, 9.17) is 0 Å². The van der Waals surface area contributed by atoms with Gasteiger partial charge in [0.15, 0.2) is 11.3 Å². The molecule has 2 unspecified atom stereocenters. The minimum atomic E-state index is -1.55. The van der Waals surface area contributed by atoms with Gasteiger partial charge in [0.05, 0.1) is 14.1 Å². The van der Waals surface area contributed by atoms with E-state index in [0.717, 1.165) is 13.0 Å². The monoisotopic (exact) mass is 370 g/mol. The largest absolute Gasteiger partial charge is 0.543 e. The van der Waals surface area contributed by atoms with E-state index in [9.17, 15) is 14.7 Å². The Balaban J connectivity index is 4.06. The number of ketones is 1. The van der Waals surface area contributed by atoms with Crippen LogP contribution in [0.4, 0.5) is 0 Å². The summed E-state index contributed by atoms with van der Waals surface area (Å²) >= 11 is 0. The van der Waals surface area contributed by atoms with Crippen LogP contribution < -0.4 is 10.4 Å². The first-order valence-corrected chi connectivity index (χ1v) is 10.4. The Hall–Kier alpha value is -0.940. The number of quaternary nitrogens is 1. The van der Waals surface area contributed by atoms with E-state index >= 15 is 0 Å². The van der Waals surface area contributed by atoms with Crippen LogP contribution >= 0.6 is 0 Å². The Labute approximate surface area is 161 Å². The number of aliphatic carboxylic acids is 1. The summed E-state index contributed by atoms with van der Waals surface area (Å²) in [4.78, 5) is 23.6. The highest BCUT2D eigenvalue weighted by atomic mass is 16.4. The number of carbonyl (C=O) groups is 2. The van der Waals surface area contributed by atoms with Crippen LogP contribution in [0.2, 0.25) is 0 Å². The fourth-order valence-corrected chi connectivity index (χ4v) is 3.32. The number of likely N-dealkylation sites (N-methyl/N-ethyl adjacent to an activating group) is 1. The molecule has 0 aromatic carbocycles. The summed E-state index contributed by atoms with van der Waals surface area (Å²) < 4.78 is 0.0302. The maximum absolute atomic E-state index is 12.0. The summed E-state index contributed by atoms with van der Waals surface area (Å²) in [5, 5.41) is 15.0. The second-order valence-electron chi connectivity index (χ2n) is 8.27. The van der Waals surface area contributed by atoms with Gasteiger partial charge in [-0.25, -0.2) is 0 Å². The standard InChI is InChI=1S/C21H42N2O3/c1-7-8-9-10-11-12-13-14-15-16-17-22-19(3)23(5,6)21(4,18(2)24)20(25)26/h19,22H,7-17H2,1-6H3. The number of carboxylic acids is 1. The highest BCUT2D eigenvalue weighted by Gasteiger charge is 2.50. The molecule has 5 nitrogen and oxygen atoms in total. The molecule has 0 rings (SSSR count). The van der Waals surface area contributed by atoms with Crippen molar-refractivity contribution in [3.63, 3.8) is 0 Å². The van der Waals surface area contributed by atoms with Crippen LogP contribution in [0.15, 0.2) is 0 Å². The number of carbonyl (C=O) groups excluding carboxylic acids is 2.